The molecule has 2 rings (SSSR count). The van der Waals surface area contributed by atoms with Crippen LogP contribution in [0.2, 0.25) is 0 Å². The fraction of sp³-hybridized carbons (Fsp3) is 0.333. The molecule has 0 spiro atoms. The lowest BCUT2D eigenvalue weighted by Crippen LogP contribution is -2.02. The van der Waals surface area contributed by atoms with Crippen molar-refractivity contribution in [2.45, 2.75) is 33.2 Å². The van der Waals surface area contributed by atoms with Gasteiger partial charge in [0.2, 0.25) is 0 Å². The van der Waals surface area contributed by atoms with Crippen LogP contribution in [0, 0.1) is 0 Å². The van der Waals surface area contributed by atoms with E-state index in [1.807, 2.05) is 19.1 Å². The standard InChI is InChI=1S/C15H17BrN2O2/c1-4-18-14(12(16)13(17-18)15(19)20)11-7-5-10(6-8-11)9(2)3/h5-9H,4H2,1-3H3,(H,19,20). The van der Waals surface area contributed by atoms with Gasteiger partial charge in [-0.15, -0.1) is 0 Å². The minimum absolute atomic E-state index is 0.0507. The lowest BCUT2D eigenvalue weighted by atomic mass is 10.0. The first kappa shape index (κ1) is 14.8. The van der Waals surface area contributed by atoms with Crippen LogP contribution in [-0.4, -0.2) is 20.9 Å². The van der Waals surface area contributed by atoms with Crippen LogP contribution in [0.1, 0.15) is 42.7 Å². The molecule has 1 heterocycles. The van der Waals surface area contributed by atoms with Crippen molar-refractivity contribution in [1.29, 1.82) is 0 Å². The molecule has 1 aromatic carbocycles. The molecule has 2 aromatic rings. The fourth-order valence-electron chi connectivity index (χ4n) is 2.11. The number of aryl methyl sites for hydroxylation is 1. The van der Waals surface area contributed by atoms with Crippen LogP contribution >= 0.6 is 15.9 Å². The molecule has 0 bridgehead atoms. The molecule has 0 unspecified atom stereocenters. The summed E-state index contributed by atoms with van der Waals surface area (Å²) in [6.07, 6.45) is 0. The van der Waals surface area contributed by atoms with Gasteiger partial charge in [-0.3, -0.25) is 4.68 Å². The molecule has 0 aliphatic rings. The first-order valence-electron chi connectivity index (χ1n) is 6.55. The number of nitrogens with zero attached hydrogens (tertiary/aromatic N) is 2. The Hall–Kier alpha value is -1.62. The molecular formula is C15H17BrN2O2. The van der Waals surface area contributed by atoms with Crippen LogP contribution in [-0.2, 0) is 6.54 Å². The van der Waals surface area contributed by atoms with Gasteiger partial charge in [0.05, 0.1) is 10.2 Å². The molecule has 5 heteroatoms. The van der Waals surface area contributed by atoms with Crippen LogP contribution in [0.4, 0.5) is 0 Å². The topological polar surface area (TPSA) is 55.1 Å². The number of carbonyl (C=O) groups is 1. The fourth-order valence-corrected chi connectivity index (χ4v) is 2.79. The molecular weight excluding hydrogens is 320 g/mol. The molecule has 0 saturated heterocycles. The Morgan fingerprint density at radius 1 is 1.35 bits per heavy atom. The van der Waals surface area contributed by atoms with E-state index in [2.05, 4.69) is 47.0 Å². The van der Waals surface area contributed by atoms with E-state index < -0.39 is 5.97 Å². The summed E-state index contributed by atoms with van der Waals surface area (Å²) in [6.45, 7) is 6.84. The molecule has 106 valence electrons. The van der Waals surface area contributed by atoms with Crippen molar-refractivity contribution in [3.63, 3.8) is 0 Å². The summed E-state index contributed by atoms with van der Waals surface area (Å²) >= 11 is 3.36. The minimum Gasteiger partial charge on any atom is -0.476 e. The van der Waals surface area contributed by atoms with E-state index in [1.165, 1.54) is 5.56 Å². The molecule has 0 radical (unpaired) electrons. The Kier molecular flexibility index (Phi) is 4.28. The van der Waals surface area contributed by atoms with E-state index >= 15 is 0 Å². The summed E-state index contributed by atoms with van der Waals surface area (Å²) in [6, 6.07) is 8.16. The molecule has 0 amide bonds. The summed E-state index contributed by atoms with van der Waals surface area (Å²) in [5.41, 5.74) is 3.07. The third-order valence-corrected chi connectivity index (χ3v) is 4.00. The summed E-state index contributed by atoms with van der Waals surface area (Å²) < 4.78 is 2.24. The third kappa shape index (κ3) is 2.63. The van der Waals surface area contributed by atoms with E-state index in [0.717, 1.165) is 11.3 Å². The van der Waals surface area contributed by atoms with Crippen LogP contribution in [0.5, 0.6) is 0 Å². The van der Waals surface area contributed by atoms with Crippen molar-refractivity contribution in [1.82, 2.24) is 9.78 Å². The SMILES string of the molecule is CCn1nc(C(=O)O)c(Br)c1-c1ccc(C(C)C)cc1. The normalized spacial score (nSPS) is 11.1. The van der Waals surface area contributed by atoms with E-state index in [-0.39, 0.29) is 5.69 Å². The van der Waals surface area contributed by atoms with Gasteiger partial charge in [-0.1, -0.05) is 38.1 Å². The average molecular weight is 337 g/mol. The van der Waals surface area contributed by atoms with Gasteiger partial charge in [-0.25, -0.2) is 4.79 Å². The van der Waals surface area contributed by atoms with Gasteiger partial charge in [0, 0.05) is 12.1 Å². The third-order valence-electron chi connectivity index (χ3n) is 3.25. The quantitative estimate of drug-likeness (QED) is 0.912. The highest BCUT2D eigenvalue weighted by atomic mass is 79.9. The van der Waals surface area contributed by atoms with E-state index in [0.29, 0.717) is 16.9 Å². The molecule has 20 heavy (non-hydrogen) atoms. The Bertz CT molecular complexity index is 630. The number of halogens is 1. The summed E-state index contributed by atoms with van der Waals surface area (Å²) in [5.74, 6) is -0.553. The van der Waals surface area contributed by atoms with Crippen LogP contribution < -0.4 is 0 Å². The molecule has 0 atom stereocenters. The van der Waals surface area contributed by atoms with Crippen molar-refractivity contribution < 1.29 is 9.90 Å². The van der Waals surface area contributed by atoms with Gasteiger partial charge in [0.1, 0.15) is 0 Å². The van der Waals surface area contributed by atoms with Gasteiger partial charge >= 0.3 is 5.97 Å². The molecule has 0 aliphatic carbocycles. The molecule has 0 fully saturated rings. The number of aromatic nitrogens is 2. The van der Waals surface area contributed by atoms with Crippen molar-refractivity contribution >= 4 is 21.9 Å². The van der Waals surface area contributed by atoms with Gasteiger partial charge in [-0.2, -0.15) is 5.10 Å². The maximum atomic E-state index is 11.2. The Labute approximate surface area is 126 Å². The number of aromatic carboxylic acids is 1. The second kappa shape index (κ2) is 5.79. The van der Waals surface area contributed by atoms with Crippen LogP contribution in [0.3, 0.4) is 0 Å². The predicted octanol–water partition coefficient (Wildman–Crippen LogP) is 4.15. The largest absolute Gasteiger partial charge is 0.476 e. The maximum absolute atomic E-state index is 11.2. The number of hydrogen-bond acceptors (Lipinski definition) is 2. The second-order valence-corrected chi connectivity index (χ2v) is 5.70. The van der Waals surface area contributed by atoms with Crippen molar-refractivity contribution in [3.05, 3.63) is 40.0 Å². The number of carboxylic acid groups (broad SMARTS) is 1. The molecule has 1 N–H and O–H groups in total. The lowest BCUT2D eigenvalue weighted by Gasteiger charge is -2.09. The van der Waals surface area contributed by atoms with E-state index in [9.17, 15) is 4.79 Å². The Morgan fingerprint density at radius 3 is 2.40 bits per heavy atom. The average Bonchev–Trinajstić information content (AvgIpc) is 2.76. The zero-order valence-corrected chi connectivity index (χ0v) is 13.3. The predicted molar refractivity (Wildman–Crippen MR) is 82.1 cm³/mol. The number of benzene rings is 1. The minimum atomic E-state index is -1.02. The van der Waals surface area contributed by atoms with E-state index in [1.54, 1.807) is 4.68 Å². The summed E-state index contributed by atoms with van der Waals surface area (Å²) in [4.78, 5) is 11.2. The van der Waals surface area contributed by atoms with Gasteiger partial charge in [0.25, 0.3) is 0 Å². The highest BCUT2D eigenvalue weighted by molar-refractivity contribution is 9.10. The van der Waals surface area contributed by atoms with Gasteiger partial charge in [-0.05, 0) is 34.3 Å². The van der Waals surface area contributed by atoms with Crippen molar-refractivity contribution in [2.24, 2.45) is 0 Å². The Morgan fingerprint density at radius 2 is 1.95 bits per heavy atom. The first-order chi connectivity index (χ1) is 9.45. The van der Waals surface area contributed by atoms with Crippen LogP contribution in [0.15, 0.2) is 28.7 Å². The Balaban J connectivity index is 2.54. The first-order valence-corrected chi connectivity index (χ1v) is 7.35. The molecule has 1 aromatic heterocycles. The van der Waals surface area contributed by atoms with E-state index in [4.69, 9.17) is 5.11 Å². The number of hydrogen-bond donors (Lipinski definition) is 1. The zero-order chi connectivity index (χ0) is 14.9. The van der Waals surface area contributed by atoms with Gasteiger partial charge in [0.15, 0.2) is 5.69 Å². The lowest BCUT2D eigenvalue weighted by molar-refractivity contribution is 0.0688. The molecule has 0 aliphatic heterocycles. The zero-order valence-electron chi connectivity index (χ0n) is 11.7. The van der Waals surface area contributed by atoms with Gasteiger partial charge < -0.3 is 5.11 Å². The number of carboxylic acids is 1. The summed E-state index contributed by atoms with van der Waals surface area (Å²) in [5, 5.41) is 13.3. The monoisotopic (exact) mass is 336 g/mol. The van der Waals surface area contributed by atoms with Crippen molar-refractivity contribution in [2.75, 3.05) is 0 Å². The van der Waals surface area contributed by atoms with Crippen molar-refractivity contribution in [3.8, 4) is 11.3 Å². The maximum Gasteiger partial charge on any atom is 0.357 e. The molecule has 0 saturated carbocycles. The highest BCUT2D eigenvalue weighted by Crippen LogP contribution is 2.32. The smallest absolute Gasteiger partial charge is 0.357 e. The summed E-state index contributed by atoms with van der Waals surface area (Å²) in [7, 11) is 0. The highest BCUT2D eigenvalue weighted by Gasteiger charge is 2.21. The number of rotatable bonds is 4. The second-order valence-electron chi connectivity index (χ2n) is 4.91. The van der Waals surface area contributed by atoms with Crippen LogP contribution in [0.25, 0.3) is 11.3 Å². The molecule has 4 nitrogen and oxygen atoms in total.